The highest BCUT2D eigenvalue weighted by molar-refractivity contribution is 9.10. The number of benzene rings is 1. The fraction of sp³-hybridized carbons (Fsp3) is 0.600. The molecule has 0 fully saturated rings. The third-order valence-electron chi connectivity index (χ3n) is 4.29. The summed E-state index contributed by atoms with van der Waals surface area (Å²) in [6.07, 6.45) is 2.46. The maximum atomic E-state index is 6.17. The summed E-state index contributed by atoms with van der Waals surface area (Å²) in [7, 11) is 0. The molecule has 0 spiro atoms. The molecule has 0 amide bonds. The van der Waals surface area contributed by atoms with E-state index in [0.29, 0.717) is 0 Å². The van der Waals surface area contributed by atoms with E-state index in [2.05, 4.69) is 56.6 Å². The molecule has 0 radical (unpaired) electrons. The zero-order valence-electron chi connectivity index (χ0n) is 11.4. The highest BCUT2D eigenvalue weighted by Gasteiger charge is 2.39. The monoisotopic (exact) mass is 295 g/mol. The van der Waals surface area contributed by atoms with Crippen LogP contribution in [0.15, 0.2) is 10.5 Å². The van der Waals surface area contributed by atoms with Gasteiger partial charge >= 0.3 is 0 Å². The fourth-order valence-electron chi connectivity index (χ4n) is 2.87. The predicted octanol–water partition coefficient (Wildman–Crippen LogP) is 4.69. The molecule has 94 valence electrons. The third-order valence-corrected chi connectivity index (χ3v) is 5.12. The number of nitrogens with two attached hydrogens (primary N) is 1. The van der Waals surface area contributed by atoms with Crippen molar-refractivity contribution < 1.29 is 0 Å². The topological polar surface area (TPSA) is 26.0 Å². The van der Waals surface area contributed by atoms with E-state index in [0.717, 1.165) is 10.2 Å². The first kappa shape index (κ1) is 12.9. The fourth-order valence-corrected chi connectivity index (χ4v) is 3.94. The van der Waals surface area contributed by atoms with Crippen molar-refractivity contribution in [2.24, 2.45) is 0 Å². The number of rotatable bonds is 0. The molecule has 1 aliphatic carbocycles. The Morgan fingerprint density at radius 3 is 2.24 bits per heavy atom. The normalized spacial score (nSPS) is 21.1. The zero-order chi connectivity index (χ0) is 13.0. The molecule has 17 heavy (non-hydrogen) atoms. The first-order chi connectivity index (χ1) is 7.67. The second-order valence-electron chi connectivity index (χ2n) is 6.61. The van der Waals surface area contributed by atoms with Crippen LogP contribution in [0.4, 0.5) is 5.69 Å². The van der Waals surface area contributed by atoms with Crippen molar-refractivity contribution in [2.75, 3.05) is 5.73 Å². The lowest BCUT2D eigenvalue weighted by molar-refractivity contribution is 0.330. The van der Waals surface area contributed by atoms with Crippen molar-refractivity contribution in [3.8, 4) is 0 Å². The van der Waals surface area contributed by atoms with Crippen LogP contribution in [0.3, 0.4) is 0 Å². The summed E-state index contributed by atoms with van der Waals surface area (Å²) in [6, 6.07) is 2.29. The zero-order valence-corrected chi connectivity index (χ0v) is 13.0. The molecule has 0 atom stereocenters. The average molecular weight is 296 g/mol. The Balaban J connectivity index is 2.81. The Labute approximate surface area is 113 Å². The highest BCUT2D eigenvalue weighted by Crippen LogP contribution is 2.50. The Hall–Kier alpha value is -0.500. The first-order valence-electron chi connectivity index (χ1n) is 6.26. The van der Waals surface area contributed by atoms with Crippen molar-refractivity contribution >= 4 is 21.6 Å². The molecule has 0 heterocycles. The van der Waals surface area contributed by atoms with Crippen molar-refractivity contribution in [1.29, 1.82) is 0 Å². The molecule has 1 aromatic carbocycles. The summed E-state index contributed by atoms with van der Waals surface area (Å²) in [5, 5.41) is 0. The largest absolute Gasteiger partial charge is 0.398 e. The van der Waals surface area contributed by atoms with E-state index in [1.807, 2.05) is 0 Å². The molecule has 0 aromatic heterocycles. The maximum absolute atomic E-state index is 6.17. The second-order valence-corrected chi connectivity index (χ2v) is 7.40. The number of halogens is 1. The van der Waals surface area contributed by atoms with Gasteiger partial charge in [-0.1, -0.05) is 33.8 Å². The molecule has 1 nitrogen and oxygen atoms in total. The van der Waals surface area contributed by atoms with Gasteiger partial charge in [0.05, 0.1) is 0 Å². The Morgan fingerprint density at radius 1 is 1.12 bits per heavy atom. The molecule has 2 rings (SSSR count). The van der Waals surface area contributed by atoms with Crippen LogP contribution in [-0.4, -0.2) is 0 Å². The second kappa shape index (κ2) is 3.74. The molecular weight excluding hydrogens is 274 g/mol. The van der Waals surface area contributed by atoms with Crippen molar-refractivity contribution in [1.82, 2.24) is 0 Å². The van der Waals surface area contributed by atoms with E-state index in [9.17, 15) is 0 Å². The molecule has 1 aromatic rings. The minimum absolute atomic E-state index is 0.214. The van der Waals surface area contributed by atoms with Crippen LogP contribution in [0.2, 0.25) is 0 Å². The molecule has 0 saturated carbocycles. The number of aryl methyl sites for hydroxylation is 1. The van der Waals surface area contributed by atoms with Gasteiger partial charge in [-0.05, 0) is 63.2 Å². The van der Waals surface area contributed by atoms with E-state index < -0.39 is 0 Å². The van der Waals surface area contributed by atoms with Gasteiger partial charge in [-0.15, -0.1) is 0 Å². The van der Waals surface area contributed by atoms with Crippen LogP contribution in [0, 0.1) is 6.92 Å². The maximum Gasteiger partial charge on any atom is 0.0491 e. The molecule has 0 bridgehead atoms. The lowest BCUT2D eigenvalue weighted by atomic mass is 9.63. The summed E-state index contributed by atoms with van der Waals surface area (Å²) < 4.78 is 1.12. The summed E-state index contributed by atoms with van der Waals surface area (Å²) in [4.78, 5) is 0. The van der Waals surface area contributed by atoms with Crippen LogP contribution < -0.4 is 5.73 Å². The van der Waals surface area contributed by atoms with Crippen LogP contribution in [0.25, 0.3) is 0 Å². The number of hydrogen-bond acceptors (Lipinski definition) is 1. The van der Waals surface area contributed by atoms with Gasteiger partial charge in [-0.2, -0.15) is 0 Å². The summed E-state index contributed by atoms with van der Waals surface area (Å²) in [5.41, 5.74) is 11.6. The summed E-state index contributed by atoms with van der Waals surface area (Å²) >= 11 is 3.72. The minimum Gasteiger partial charge on any atom is -0.398 e. The Kier molecular flexibility index (Phi) is 2.85. The molecule has 2 N–H and O–H groups in total. The third kappa shape index (κ3) is 1.91. The van der Waals surface area contributed by atoms with Gasteiger partial charge in [-0.25, -0.2) is 0 Å². The van der Waals surface area contributed by atoms with Gasteiger partial charge in [-0.3, -0.25) is 0 Å². The molecule has 2 heteroatoms. The van der Waals surface area contributed by atoms with Crippen LogP contribution >= 0.6 is 15.9 Å². The van der Waals surface area contributed by atoms with Gasteiger partial charge in [0.2, 0.25) is 0 Å². The van der Waals surface area contributed by atoms with Crippen molar-refractivity contribution in [3.05, 3.63) is 27.2 Å². The lowest BCUT2D eigenvalue weighted by Crippen LogP contribution is -2.34. The van der Waals surface area contributed by atoms with Crippen LogP contribution in [0.5, 0.6) is 0 Å². The van der Waals surface area contributed by atoms with E-state index in [1.165, 1.54) is 29.5 Å². The molecule has 0 saturated heterocycles. The SMILES string of the molecule is Cc1cc2c(c(Br)c1N)C(C)(C)CCC2(C)C. The molecular formula is C15H22BrN. The van der Waals surface area contributed by atoms with E-state index in [-0.39, 0.29) is 10.8 Å². The lowest BCUT2D eigenvalue weighted by Gasteiger charge is -2.43. The minimum atomic E-state index is 0.214. The van der Waals surface area contributed by atoms with Crippen molar-refractivity contribution in [2.45, 2.75) is 58.3 Å². The number of fused-ring (bicyclic) bond motifs is 1. The Morgan fingerprint density at radius 2 is 1.65 bits per heavy atom. The average Bonchev–Trinajstić information content (AvgIpc) is 2.21. The van der Waals surface area contributed by atoms with Crippen LogP contribution in [-0.2, 0) is 10.8 Å². The van der Waals surface area contributed by atoms with Crippen molar-refractivity contribution in [3.63, 3.8) is 0 Å². The summed E-state index contributed by atoms with van der Waals surface area (Å²) in [6.45, 7) is 11.4. The van der Waals surface area contributed by atoms with Gasteiger partial charge in [0.15, 0.2) is 0 Å². The number of nitrogen functional groups attached to an aromatic ring is 1. The highest BCUT2D eigenvalue weighted by atomic mass is 79.9. The molecule has 1 aliphatic rings. The smallest absolute Gasteiger partial charge is 0.0491 e. The van der Waals surface area contributed by atoms with E-state index in [4.69, 9.17) is 5.73 Å². The summed E-state index contributed by atoms with van der Waals surface area (Å²) in [5.74, 6) is 0. The Bertz CT molecular complexity index is 472. The standard InChI is InChI=1S/C15H22BrN/c1-9-8-10-11(12(16)13(9)17)15(4,5)7-6-14(10,2)3/h8H,6-7,17H2,1-5H3. The van der Waals surface area contributed by atoms with Gasteiger partial charge in [0.1, 0.15) is 0 Å². The van der Waals surface area contributed by atoms with Crippen LogP contribution in [0.1, 0.15) is 57.2 Å². The van der Waals surface area contributed by atoms with Gasteiger partial charge in [0, 0.05) is 10.2 Å². The van der Waals surface area contributed by atoms with E-state index in [1.54, 1.807) is 0 Å². The quantitative estimate of drug-likeness (QED) is 0.691. The number of hydrogen-bond donors (Lipinski definition) is 1. The first-order valence-corrected chi connectivity index (χ1v) is 7.06. The number of anilines is 1. The van der Waals surface area contributed by atoms with Gasteiger partial charge < -0.3 is 5.73 Å². The molecule has 0 aliphatic heterocycles. The van der Waals surface area contributed by atoms with E-state index >= 15 is 0 Å². The predicted molar refractivity (Wildman–Crippen MR) is 78.6 cm³/mol. The molecule has 0 unspecified atom stereocenters. The van der Waals surface area contributed by atoms with Gasteiger partial charge in [0.25, 0.3) is 0 Å².